The van der Waals surface area contributed by atoms with E-state index in [1.165, 1.54) is 0 Å². The Balaban J connectivity index is 2.12. The van der Waals surface area contributed by atoms with E-state index in [-0.39, 0.29) is 11.1 Å². The maximum Gasteiger partial charge on any atom is 0.382 e. The minimum absolute atomic E-state index is 0.199. The van der Waals surface area contributed by atoms with Gasteiger partial charge in [-0.2, -0.15) is 0 Å². The molecule has 2 fully saturated rings. The second-order valence-corrected chi connectivity index (χ2v) is 14.4. The van der Waals surface area contributed by atoms with Crippen LogP contribution >= 0.6 is 0 Å². The fourth-order valence-corrected chi connectivity index (χ4v) is 12.2. The normalized spacial score (nSPS) is 25.5. The van der Waals surface area contributed by atoms with Crippen molar-refractivity contribution < 1.29 is 19.2 Å². The van der Waals surface area contributed by atoms with E-state index in [0.717, 1.165) is 51.4 Å². The molecule has 2 rings (SSSR count). The molecule has 0 aromatic rings. The lowest BCUT2D eigenvalue weighted by molar-refractivity contribution is 0.288. The molecule has 6 heteroatoms. The van der Waals surface area contributed by atoms with Gasteiger partial charge in [0.1, 0.15) is 0 Å². The van der Waals surface area contributed by atoms with Crippen LogP contribution < -0.4 is 0 Å². The molecule has 4 nitrogen and oxygen atoms in total. The standard InChI is InChI=1S/C10H22O4Si2/c11-15(12,9-5-1-2-6-9)16(13,14)10-7-3-4-8-10/h9-14H,1-8H2. The predicted octanol–water partition coefficient (Wildman–Crippen LogP) is 0.807. The van der Waals surface area contributed by atoms with Gasteiger partial charge in [0.25, 0.3) is 0 Å². The molecule has 0 spiro atoms. The molecule has 16 heavy (non-hydrogen) atoms. The van der Waals surface area contributed by atoms with Gasteiger partial charge in [-0.1, -0.05) is 25.7 Å². The Kier molecular flexibility index (Phi) is 3.58. The van der Waals surface area contributed by atoms with Gasteiger partial charge < -0.3 is 19.2 Å². The van der Waals surface area contributed by atoms with Crippen LogP contribution in [0, 0.1) is 0 Å². The summed E-state index contributed by atoms with van der Waals surface area (Å²) in [5, 5.41) is 0. The van der Waals surface area contributed by atoms with Gasteiger partial charge in [-0.3, -0.25) is 0 Å². The molecule has 0 bridgehead atoms. The number of hydrogen-bond donors (Lipinski definition) is 4. The Hall–Kier alpha value is 0.274. The quantitative estimate of drug-likeness (QED) is 0.567. The van der Waals surface area contributed by atoms with Gasteiger partial charge in [0, 0.05) is 11.1 Å². The van der Waals surface area contributed by atoms with Crippen LogP contribution in [-0.2, 0) is 0 Å². The first-order chi connectivity index (χ1) is 7.46. The summed E-state index contributed by atoms with van der Waals surface area (Å²) in [6.07, 6.45) is 7.05. The van der Waals surface area contributed by atoms with Gasteiger partial charge in [-0.05, 0) is 25.7 Å². The SMILES string of the molecule is O[Si](O)(C1CCCC1)[Si](O)(O)C1CCCC1. The second kappa shape index (κ2) is 4.51. The zero-order chi connectivity index (χ0) is 11.8. The van der Waals surface area contributed by atoms with E-state index in [2.05, 4.69) is 0 Å². The van der Waals surface area contributed by atoms with E-state index in [9.17, 15) is 19.2 Å². The van der Waals surface area contributed by atoms with E-state index in [1.54, 1.807) is 0 Å². The third-order valence-corrected chi connectivity index (χ3v) is 14.6. The highest BCUT2D eigenvalue weighted by atomic mass is 29.3. The van der Waals surface area contributed by atoms with Crippen molar-refractivity contribution in [2.75, 3.05) is 0 Å². The van der Waals surface area contributed by atoms with Crippen molar-refractivity contribution in [1.29, 1.82) is 0 Å². The smallest absolute Gasteiger partial charge is 0.382 e. The lowest BCUT2D eigenvalue weighted by atomic mass is 10.4. The summed E-state index contributed by atoms with van der Waals surface area (Å²) in [7, 11) is -7.63. The molecule has 2 saturated carbocycles. The molecule has 0 aliphatic heterocycles. The molecule has 0 saturated heterocycles. The Labute approximate surface area is 98.2 Å². The maximum atomic E-state index is 10.3. The lowest BCUT2D eigenvalue weighted by Crippen LogP contribution is -2.68. The fraction of sp³-hybridized carbons (Fsp3) is 1.00. The topological polar surface area (TPSA) is 80.9 Å². The molecule has 4 N–H and O–H groups in total. The van der Waals surface area contributed by atoms with Gasteiger partial charge in [-0.25, -0.2) is 0 Å². The van der Waals surface area contributed by atoms with Gasteiger partial charge in [0.05, 0.1) is 0 Å². The van der Waals surface area contributed by atoms with Crippen LogP contribution in [0.25, 0.3) is 0 Å². The van der Waals surface area contributed by atoms with Crippen LogP contribution in [0.2, 0.25) is 11.1 Å². The summed E-state index contributed by atoms with van der Waals surface area (Å²) in [6, 6.07) is 0. The van der Waals surface area contributed by atoms with Crippen molar-refractivity contribution >= 4 is 16.2 Å². The van der Waals surface area contributed by atoms with E-state index in [1.807, 2.05) is 0 Å². The average molecular weight is 262 g/mol. The lowest BCUT2D eigenvalue weighted by Gasteiger charge is -2.36. The summed E-state index contributed by atoms with van der Waals surface area (Å²) >= 11 is 0. The van der Waals surface area contributed by atoms with Gasteiger partial charge in [-0.15, -0.1) is 0 Å². The number of rotatable bonds is 3. The zero-order valence-electron chi connectivity index (χ0n) is 9.60. The first-order valence-electron chi connectivity index (χ1n) is 6.35. The summed E-state index contributed by atoms with van der Waals surface area (Å²) in [6.45, 7) is 0. The first kappa shape index (κ1) is 12.7. The highest BCUT2D eigenvalue weighted by Gasteiger charge is 2.64. The van der Waals surface area contributed by atoms with E-state index in [0.29, 0.717) is 0 Å². The third kappa shape index (κ3) is 2.02. The molecule has 0 atom stereocenters. The van der Waals surface area contributed by atoms with Crippen LogP contribution in [0.4, 0.5) is 0 Å². The molecule has 2 aliphatic carbocycles. The van der Waals surface area contributed by atoms with Crippen molar-refractivity contribution in [1.82, 2.24) is 0 Å². The van der Waals surface area contributed by atoms with E-state index < -0.39 is 16.2 Å². The van der Waals surface area contributed by atoms with Crippen molar-refractivity contribution in [3.63, 3.8) is 0 Å². The Morgan fingerprint density at radius 3 is 1.06 bits per heavy atom. The van der Waals surface area contributed by atoms with Gasteiger partial charge >= 0.3 is 16.2 Å². The summed E-state index contributed by atoms with van der Waals surface area (Å²) in [5.74, 6) is 0. The van der Waals surface area contributed by atoms with Crippen LogP contribution in [0.1, 0.15) is 51.4 Å². The van der Waals surface area contributed by atoms with Crippen molar-refractivity contribution in [3.05, 3.63) is 0 Å². The van der Waals surface area contributed by atoms with Crippen LogP contribution in [0.15, 0.2) is 0 Å². The third-order valence-electron chi connectivity index (χ3n) is 4.39. The molecular formula is C10H22O4Si2. The van der Waals surface area contributed by atoms with Crippen LogP contribution in [0.3, 0.4) is 0 Å². The Morgan fingerprint density at radius 2 is 0.812 bits per heavy atom. The maximum absolute atomic E-state index is 10.3. The Bertz CT molecular complexity index is 219. The van der Waals surface area contributed by atoms with E-state index in [4.69, 9.17) is 0 Å². The van der Waals surface area contributed by atoms with Crippen molar-refractivity contribution in [2.24, 2.45) is 0 Å². The molecule has 0 aromatic heterocycles. The molecule has 0 heterocycles. The average Bonchev–Trinajstić information content (AvgIpc) is 2.91. The number of hydrogen-bond acceptors (Lipinski definition) is 4. The molecule has 0 amide bonds. The molecular weight excluding hydrogens is 240 g/mol. The largest absolute Gasteiger partial charge is 0.410 e. The summed E-state index contributed by atoms with van der Waals surface area (Å²) < 4.78 is 0. The zero-order valence-corrected chi connectivity index (χ0v) is 11.6. The monoisotopic (exact) mass is 262 g/mol. The second-order valence-electron chi connectivity index (χ2n) is 5.42. The molecule has 0 unspecified atom stereocenters. The molecule has 0 aromatic carbocycles. The Morgan fingerprint density at radius 1 is 0.562 bits per heavy atom. The highest BCUT2D eigenvalue weighted by molar-refractivity contribution is 7.30. The molecule has 2 aliphatic rings. The summed E-state index contributed by atoms with van der Waals surface area (Å²) in [5.41, 5.74) is -0.399. The van der Waals surface area contributed by atoms with Crippen LogP contribution in [0.5, 0.6) is 0 Å². The van der Waals surface area contributed by atoms with Crippen molar-refractivity contribution in [2.45, 2.75) is 62.4 Å². The summed E-state index contributed by atoms with van der Waals surface area (Å²) in [4.78, 5) is 41.0. The molecule has 94 valence electrons. The first-order valence-corrected chi connectivity index (χ1v) is 11.3. The highest BCUT2D eigenvalue weighted by Crippen LogP contribution is 2.45. The molecule has 0 radical (unpaired) electrons. The predicted molar refractivity (Wildman–Crippen MR) is 64.8 cm³/mol. The minimum atomic E-state index is -3.81. The van der Waals surface area contributed by atoms with Gasteiger partial charge in [0.2, 0.25) is 0 Å². The van der Waals surface area contributed by atoms with Crippen molar-refractivity contribution in [3.8, 4) is 0 Å². The fourth-order valence-electron chi connectivity index (χ4n) is 3.26. The van der Waals surface area contributed by atoms with Gasteiger partial charge in [0.15, 0.2) is 0 Å². The minimum Gasteiger partial charge on any atom is -0.410 e. The van der Waals surface area contributed by atoms with Crippen LogP contribution in [-0.4, -0.2) is 35.3 Å². The van der Waals surface area contributed by atoms with E-state index >= 15 is 0 Å².